The van der Waals surface area contributed by atoms with Crippen molar-refractivity contribution in [3.63, 3.8) is 0 Å². The Hall–Kier alpha value is -0.120. The summed E-state index contributed by atoms with van der Waals surface area (Å²) in [5, 5.41) is 0. The summed E-state index contributed by atoms with van der Waals surface area (Å²) in [4.78, 5) is 0. The number of rotatable bonds is 6. The minimum atomic E-state index is -0.00792. The predicted molar refractivity (Wildman–Crippen MR) is 68.0 cm³/mol. The average molecular weight is 228 g/mol. The summed E-state index contributed by atoms with van der Waals surface area (Å²) >= 11 is 0. The summed E-state index contributed by atoms with van der Waals surface area (Å²) in [5.74, 6) is 6.39. The van der Waals surface area contributed by atoms with Crippen molar-refractivity contribution < 1.29 is 4.74 Å². The molecule has 1 atom stereocenters. The molecule has 0 aromatic heterocycles. The zero-order valence-electron chi connectivity index (χ0n) is 11.1. The Labute approximate surface area is 100 Å². The van der Waals surface area contributed by atoms with Crippen LogP contribution in [0.15, 0.2) is 0 Å². The van der Waals surface area contributed by atoms with E-state index in [0.29, 0.717) is 12.0 Å². The highest BCUT2D eigenvalue weighted by molar-refractivity contribution is 4.95. The van der Waals surface area contributed by atoms with Crippen LogP contribution in [0.1, 0.15) is 59.3 Å². The van der Waals surface area contributed by atoms with E-state index in [9.17, 15) is 0 Å². The molecule has 3 nitrogen and oxygen atoms in total. The lowest BCUT2D eigenvalue weighted by atomic mass is 9.76. The first-order valence-electron chi connectivity index (χ1n) is 6.74. The van der Waals surface area contributed by atoms with E-state index in [1.807, 2.05) is 0 Å². The third kappa shape index (κ3) is 3.44. The van der Waals surface area contributed by atoms with E-state index in [4.69, 9.17) is 10.6 Å². The van der Waals surface area contributed by atoms with Gasteiger partial charge in [-0.3, -0.25) is 11.3 Å². The van der Waals surface area contributed by atoms with Crippen molar-refractivity contribution in [2.45, 2.75) is 70.9 Å². The molecule has 3 N–H and O–H groups in total. The van der Waals surface area contributed by atoms with Gasteiger partial charge < -0.3 is 4.74 Å². The second kappa shape index (κ2) is 6.58. The average Bonchev–Trinajstić information content (AvgIpc) is 2.27. The molecule has 1 rings (SSSR count). The Morgan fingerprint density at radius 2 is 1.88 bits per heavy atom. The molecular formula is C13H28N2O. The van der Waals surface area contributed by atoms with Gasteiger partial charge in [-0.25, -0.2) is 0 Å². The Balaban J connectivity index is 2.71. The van der Waals surface area contributed by atoms with Gasteiger partial charge in [0, 0.05) is 6.61 Å². The van der Waals surface area contributed by atoms with Crippen molar-refractivity contribution in [3.05, 3.63) is 0 Å². The summed E-state index contributed by atoms with van der Waals surface area (Å²) in [7, 11) is 0. The van der Waals surface area contributed by atoms with Crippen LogP contribution in [-0.4, -0.2) is 18.2 Å². The third-order valence-corrected chi connectivity index (χ3v) is 3.68. The molecule has 16 heavy (non-hydrogen) atoms. The Bertz CT molecular complexity index is 183. The molecule has 3 heteroatoms. The van der Waals surface area contributed by atoms with Gasteiger partial charge in [-0.15, -0.1) is 0 Å². The van der Waals surface area contributed by atoms with Crippen molar-refractivity contribution >= 4 is 0 Å². The standard InChI is InChI=1S/C13H28N2O/c1-4-16-13(8-6-5-7-9-13)12(15-14)10-11(2)3/h11-12,15H,4-10,14H2,1-3H3. The Kier molecular flexibility index (Phi) is 5.73. The van der Waals surface area contributed by atoms with Crippen LogP contribution in [0.5, 0.6) is 0 Å². The van der Waals surface area contributed by atoms with Crippen LogP contribution in [0.4, 0.5) is 0 Å². The van der Waals surface area contributed by atoms with E-state index < -0.39 is 0 Å². The topological polar surface area (TPSA) is 47.3 Å². The molecule has 0 radical (unpaired) electrons. The van der Waals surface area contributed by atoms with Gasteiger partial charge in [0.25, 0.3) is 0 Å². The van der Waals surface area contributed by atoms with Gasteiger partial charge in [0.05, 0.1) is 11.6 Å². The number of ether oxygens (including phenoxy) is 1. The van der Waals surface area contributed by atoms with Crippen molar-refractivity contribution in [2.24, 2.45) is 11.8 Å². The summed E-state index contributed by atoms with van der Waals surface area (Å²) in [6.07, 6.45) is 7.29. The highest BCUT2D eigenvalue weighted by atomic mass is 16.5. The van der Waals surface area contributed by atoms with Crippen LogP contribution in [-0.2, 0) is 4.74 Å². The van der Waals surface area contributed by atoms with Crippen molar-refractivity contribution in [3.8, 4) is 0 Å². The zero-order chi connectivity index (χ0) is 12.0. The lowest BCUT2D eigenvalue weighted by Gasteiger charge is -2.43. The molecule has 1 fully saturated rings. The van der Waals surface area contributed by atoms with Gasteiger partial charge in [0.2, 0.25) is 0 Å². The van der Waals surface area contributed by atoms with Gasteiger partial charge in [0.15, 0.2) is 0 Å². The maximum Gasteiger partial charge on any atom is 0.0848 e. The van der Waals surface area contributed by atoms with Gasteiger partial charge in [-0.1, -0.05) is 33.1 Å². The maximum atomic E-state index is 6.08. The molecule has 1 aliphatic rings. The van der Waals surface area contributed by atoms with E-state index >= 15 is 0 Å². The minimum absolute atomic E-state index is 0.00792. The van der Waals surface area contributed by atoms with Crippen LogP contribution < -0.4 is 11.3 Å². The van der Waals surface area contributed by atoms with Crippen LogP contribution >= 0.6 is 0 Å². The molecule has 1 aliphatic carbocycles. The molecular weight excluding hydrogens is 200 g/mol. The van der Waals surface area contributed by atoms with E-state index in [-0.39, 0.29) is 5.60 Å². The fourth-order valence-corrected chi connectivity index (χ4v) is 2.94. The fraction of sp³-hybridized carbons (Fsp3) is 1.00. The molecule has 0 saturated heterocycles. The molecule has 0 aromatic carbocycles. The number of nitrogens with one attached hydrogen (secondary N) is 1. The number of nitrogens with two attached hydrogens (primary N) is 1. The first-order valence-corrected chi connectivity index (χ1v) is 6.74. The number of hydrogen-bond acceptors (Lipinski definition) is 3. The molecule has 1 unspecified atom stereocenters. The van der Waals surface area contributed by atoms with E-state index in [2.05, 4.69) is 26.2 Å². The normalized spacial score (nSPS) is 22.3. The van der Waals surface area contributed by atoms with Gasteiger partial charge in [-0.2, -0.15) is 0 Å². The van der Waals surface area contributed by atoms with Crippen LogP contribution in [0.2, 0.25) is 0 Å². The number of hydrogen-bond donors (Lipinski definition) is 2. The van der Waals surface area contributed by atoms with E-state index in [1.54, 1.807) is 0 Å². The number of hydrazine groups is 1. The molecule has 0 heterocycles. The second-order valence-corrected chi connectivity index (χ2v) is 5.41. The SMILES string of the molecule is CCOC1(C(CC(C)C)NN)CCCCC1. The summed E-state index contributed by atoms with van der Waals surface area (Å²) in [5.41, 5.74) is 3.00. The van der Waals surface area contributed by atoms with Gasteiger partial charge in [-0.05, 0) is 32.1 Å². The van der Waals surface area contributed by atoms with E-state index in [1.165, 1.54) is 19.3 Å². The van der Waals surface area contributed by atoms with Crippen molar-refractivity contribution in [1.29, 1.82) is 0 Å². The smallest absolute Gasteiger partial charge is 0.0848 e. The van der Waals surface area contributed by atoms with Crippen LogP contribution in [0.3, 0.4) is 0 Å². The quantitative estimate of drug-likeness (QED) is 0.542. The van der Waals surface area contributed by atoms with Gasteiger partial charge >= 0.3 is 0 Å². The van der Waals surface area contributed by atoms with Crippen molar-refractivity contribution in [2.75, 3.05) is 6.61 Å². The lowest BCUT2D eigenvalue weighted by molar-refractivity contribution is -0.0936. The zero-order valence-corrected chi connectivity index (χ0v) is 11.1. The highest BCUT2D eigenvalue weighted by Gasteiger charge is 2.40. The monoisotopic (exact) mass is 228 g/mol. The van der Waals surface area contributed by atoms with Gasteiger partial charge in [0.1, 0.15) is 0 Å². The van der Waals surface area contributed by atoms with Crippen LogP contribution in [0.25, 0.3) is 0 Å². The Morgan fingerprint density at radius 1 is 1.25 bits per heavy atom. The van der Waals surface area contributed by atoms with Crippen LogP contribution in [0, 0.1) is 5.92 Å². The molecule has 0 spiro atoms. The molecule has 0 amide bonds. The first-order chi connectivity index (χ1) is 7.64. The minimum Gasteiger partial charge on any atom is -0.374 e. The fourth-order valence-electron chi connectivity index (χ4n) is 2.94. The lowest BCUT2D eigenvalue weighted by Crippen LogP contribution is -2.56. The largest absolute Gasteiger partial charge is 0.374 e. The summed E-state index contributed by atoms with van der Waals surface area (Å²) < 4.78 is 6.08. The molecule has 1 saturated carbocycles. The molecule has 96 valence electrons. The molecule has 0 bridgehead atoms. The second-order valence-electron chi connectivity index (χ2n) is 5.41. The maximum absolute atomic E-state index is 6.08. The highest BCUT2D eigenvalue weighted by Crippen LogP contribution is 2.36. The third-order valence-electron chi connectivity index (χ3n) is 3.68. The van der Waals surface area contributed by atoms with Crippen molar-refractivity contribution in [1.82, 2.24) is 5.43 Å². The molecule has 0 aromatic rings. The Morgan fingerprint density at radius 3 is 2.31 bits per heavy atom. The van der Waals surface area contributed by atoms with E-state index in [0.717, 1.165) is 25.9 Å². The predicted octanol–water partition coefficient (Wildman–Crippen LogP) is 2.60. The first kappa shape index (κ1) is 13.9. The summed E-state index contributed by atoms with van der Waals surface area (Å²) in [6, 6.07) is 0.299. The molecule has 0 aliphatic heterocycles. The summed E-state index contributed by atoms with van der Waals surface area (Å²) in [6.45, 7) is 7.36.